The van der Waals surface area contributed by atoms with E-state index in [4.69, 9.17) is 23.2 Å². The van der Waals surface area contributed by atoms with Crippen molar-refractivity contribution in [3.8, 4) is 5.69 Å². The molecule has 0 fully saturated rings. The molecular formula is C11H9BCl2N2O. The minimum absolute atomic E-state index is 0.0140. The van der Waals surface area contributed by atoms with Crippen LogP contribution >= 0.6 is 23.2 Å². The van der Waals surface area contributed by atoms with Crippen molar-refractivity contribution >= 4 is 36.5 Å². The van der Waals surface area contributed by atoms with Crippen molar-refractivity contribution in [2.24, 2.45) is 0 Å². The zero-order valence-electron chi connectivity index (χ0n) is 9.37. The Balaban J connectivity index is 2.65. The van der Waals surface area contributed by atoms with Gasteiger partial charge < -0.3 is 0 Å². The van der Waals surface area contributed by atoms with Crippen LogP contribution < -0.4 is 11.0 Å². The van der Waals surface area contributed by atoms with Crippen molar-refractivity contribution in [2.75, 3.05) is 0 Å². The first kappa shape index (κ1) is 12.2. The molecule has 17 heavy (non-hydrogen) atoms. The molecule has 1 aromatic carbocycles. The molecule has 0 aliphatic carbocycles. The standard InChI is InChI=1S/C11H9BCl2N2O/c1-6-4-7(2-3-8(6)12)16-11(17)10(14)9(13)5-15-16/h2-5H,12H2,1H3. The number of halogens is 2. The Bertz CT molecular complexity index is 640. The normalized spacial score (nSPS) is 10.5. The monoisotopic (exact) mass is 266 g/mol. The summed E-state index contributed by atoms with van der Waals surface area (Å²) in [7, 11) is 2.00. The van der Waals surface area contributed by atoms with E-state index in [1.807, 2.05) is 33.0 Å². The topological polar surface area (TPSA) is 34.9 Å². The van der Waals surface area contributed by atoms with Crippen LogP contribution in [0.2, 0.25) is 10.0 Å². The van der Waals surface area contributed by atoms with Gasteiger partial charge in [-0.1, -0.05) is 40.3 Å². The van der Waals surface area contributed by atoms with Gasteiger partial charge in [-0.25, -0.2) is 0 Å². The summed E-state index contributed by atoms with van der Waals surface area (Å²) in [6.07, 6.45) is 1.36. The number of benzene rings is 1. The number of nitrogens with zero attached hydrogens (tertiary/aromatic N) is 2. The van der Waals surface area contributed by atoms with Gasteiger partial charge in [0.05, 0.1) is 16.9 Å². The van der Waals surface area contributed by atoms with Crippen LogP contribution in [0.5, 0.6) is 0 Å². The highest BCUT2D eigenvalue weighted by atomic mass is 35.5. The molecule has 0 saturated heterocycles. The summed E-state index contributed by atoms with van der Waals surface area (Å²) in [6.45, 7) is 1.97. The van der Waals surface area contributed by atoms with E-state index in [2.05, 4.69) is 5.10 Å². The largest absolute Gasteiger partial charge is 0.291 e. The van der Waals surface area contributed by atoms with Crippen LogP contribution in [-0.2, 0) is 0 Å². The molecule has 0 atom stereocenters. The van der Waals surface area contributed by atoms with Crippen molar-refractivity contribution in [3.63, 3.8) is 0 Å². The fraction of sp³-hybridized carbons (Fsp3) is 0.0909. The van der Waals surface area contributed by atoms with Crippen molar-refractivity contribution < 1.29 is 0 Å². The number of aromatic nitrogens is 2. The molecule has 0 unspecified atom stereocenters. The summed E-state index contributed by atoms with van der Waals surface area (Å²) in [5.74, 6) is 0. The van der Waals surface area contributed by atoms with Crippen LogP contribution in [0.15, 0.2) is 29.2 Å². The van der Waals surface area contributed by atoms with Crippen LogP contribution in [0, 0.1) is 6.92 Å². The summed E-state index contributed by atoms with van der Waals surface area (Å²) in [4.78, 5) is 11.9. The number of hydrogen-bond donors (Lipinski definition) is 0. The van der Waals surface area contributed by atoms with Crippen LogP contribution in [0.25, 0.3) is 5.69 Å². The Labute approximate surface area is 109 Å². The van der Waals surface area contributed by atoms with E-state index in [0.717, 1.165) is 11.0 Å². The number of rotatable bonds is 1. The molecule has 2 aromatic rings. The summed E-state index contributed by atoms with van der Waals surface area (Å²) < 4.78 is 1.24. The van der Waals surface area contributed by atoms with Gasteiger partial charge in [0, 0.05) is 0 Å². The molecular weight excluding hydrogens is 258 g/mol. The minimum atomic E-state index is -0.414. The second kappa shape index (κ2) is 4.55. The Morgan fingerprint density at radius 1 is 1.35 bits per heavy atom. The molecule has 3 nitrogen and oxygen atoms in total. The molecule has 0 aliphatic heterocycles. The van der Waals surface area contributed by atoms with E-state index >= 15 is 0 Å². The van der Waals surface area contributed by atoms with Crippen LogP contribution in [0.4, 0.5) is 0 Å². The average molecular weight is 267 g/mol. The highest BCUT2D eigenvalue weighted by Gasteiger charge is 2.09. The lowest BCUT2D eigenvalue weighted by molar-refractivity contribution is 0.807. The van der Waals surface area contributed by atoms with Gasteiger partial charge in [0.1, 0.15) is 12.9 Å². The lowest BCUT2D eigenvalue weighted by Gasteiger charge is -2.07. The lowest BCUT2D eigenvalue weighted by Crippen LogP contribution is -2.22. The third-order valence-electron chi connectivity index (χ3n) is 2.61. The lowest BCUT2D eigenvalue weighted by atomic mass is 9.91. The van der Waals surface area contributed by atoms with Gasteiger partial charge in [-0.05, 0) is 19.1 Å². The maximum absolute atomic E-state index is 11.9. The summed E-state index contributed by atoms with van der Waals surface area (Å²) in [6, 6.07) is 5.64. The SMILES string of the molecule is Bc1ccc(-n2ncc(Cl)c(Cl)c2=O)cc1C. The van der Waals surface area contributed by atoms with Gasteiger partial charge in [0.15, 0.2) is 0 Å². The zero-order chi connectivity index (χ0) is 12.6. The first-order chi connectivity index (χ1) is 8.00. The van der Waals surface area contributed by atoms with Crippen molar-refractivity contribution in [1.82, 2.24) is 9.78 Å². The van der Waals surface area contributed by atoms with Gasteiger partial charge in [-0.3, -0.25) is 4.79 Å². The minimum Gasteiger partial charge on any atom is -0.266 e. The van der Waals surface area contributed by atoms with E-state index in [-0.39, 0.29) is 10.0 Å². The second-order valence-corrected chi connectivity index (χ2v) is 4.58. The van der Waals surface area contributed by atoms with Gasteiger partial charge >= 0.3 is 0 Å². The van der Waals surface area contributed by atoms with E-state index in [1.54, 1.807) is 0 Å². The first-order valence-corrected chi connectivity index (χ1v) is 5.77. The van der Waals surface area contributed by atoms with Gasteiger partial charge in [-0.2, -0.15) is 9.78 Å². The van der Waals surface area contributed by atoms with Crippen LogP contribution in [0.3, 0.4) is 0 Å². The van der Waals surface area contributed by atoms with E-state index < -0.39 is 5.56 Å². The summed E-state index contributed by atoms with van der Waals surface area (Å²) in [5, 5.41) is 4.12. The molecule has 0 radical (unpaired) electrons. The van der Waals surface area contributed by atoms with Gasteiger partial charge in [0.2, 0.25) is 0 Å². The molecule has 86 valence electrons. The molecule has 0 amide bonds. The predicted molar refractivity (Wildman–Crippen MR) is 72.8 cm³/mol. The fourth-order valence-electron chi connectivity index (χ4n) is 1.45. The average Bonchev–Trinajstić information content (AvgIpc) is 2.30. The first-order valence-electron chi connectivity index (χ1n) is 5.01. The highest BCUT2D eigenvalue weighted by Crippen LogP contribution is 2.16. The maximum Gasteiger partial charge on any atom is 0.291 e. The zero-order valence-corrected chi connectivity index (χ0v) is 10.9. The Morgan fingerprint density at radius 3 is 2.71 bits per heavy atom. The predicted octanol–water partition coefficient (Wildman–Crippen LogP) is 1.11. The number of aryl methyl sites for hydroxylation is 1. The van der Waals surface area contributed by atoms with Crippen LogP contribution in [-0.4, -0.2) is 17.6 Å². The van der Waals surface area contributed by atoms with Gasteiger partial charge in [0.25, 0.3) is 5.56 Å². The second-order valence-electron chi connectivity index (χ2n) is 3.79. The Morgan fingerprint density at radius 2 is 2.06 bits per heavy atom. The van der Waals surface area contributed by atoms with Crippen molar-refractivity contribution in [2.45, 2.75) is 6.92 Å². The molecule has 0 aliphatic rings. The van der Waals surface area contributed by atoms with Gasteiger partial charge in [-0.15, -0.1) is 0 Å². The quantitative estimate of drug-likeness (QED) is 0.725. The molecule has 0 N–H and O–H groups in total. The van der Waals surface area contributed by atoms with E-state index in [0.29, 0.717) is 5.69 Å². The molecule has 0 saturated carbocycles. The van der Waals surface area contributed by atoms with Crippen molar-refractivity contribution in [1.29, 1.82) is 0 Å². The Hall–Kier alpha value is -1.26. The maximum atomic E-state index is 11.9. The summed E-state index contributed by atoms with van der Waals surface area (Å²) in [5.41, 5.74) is 2.50. The van der Waals surface area contributed by atoms with Crippen molar-refractivity contribution in [3.05, 3.63) is 50.4 Å². The third kappa shape index (κ3) is 2.23. The van der Waals surface area contributed by atoms with E-state index in [9.17, 15) is 4.79 Å². The molecule has 6 heteroatoms. The van der Waals surface area contributed by atoms with E-state index in [1.165, 1.54) is 10.9 Å². The number of hydrogen-bond acceptors (Lipinski definition) is 2. The highest BCUT2D eigenvalue weighted by molar-refractivity contribution is 6.41. The van der Waals surface area contributed by atoms with Crippen LogP contribution in [0.1, 0.15) is 5.56 Å². The molecule has 0 spiro atoms. The smallest absolute Gasteiger partial charge is 0.266 e. The molecule has 1 aromatic heterocycles. The fourth-order valence-corrected chi connectivity index (χ4v) is 1.71. The molecule has 0 bridgehead atoms. The summed E-state index contributed by atoms with van der Waals surface area (Å²) >= 11 is 11.5. The third-order valence-corrected chi connectivity index (χ3v) is 3.36. The molecule has 1 heterocycles. The Kier molecular flexibility index (Phi) is 3.27. The molecule has 2 rings (SSSR count).